The molecule has 1 unspecified atom stereocenters. The van der Waals surface area contributed by atoms with Gasteiger partial charge >= 0.3 is 0 Å². The van der Waals surface area contributed by atoms with Gasteiger partial charge in [0.1, 0.15) is 6.61 Å². The number of aliphatic hydroxyl groups is 1. The number of benzene rings is 1. The third-order valence-corrected chi connectivity index (χ3v) is 2.30. The smallest absolute Gasteiger partial charge is 0.165 e. The van der Waals surface area contributed by atoms with Crippen LogP contribution in [0.3, 0.4) is 0 Å². The minimum absolute atomic E-state index is 0.138. The predicted molar refractivity (Wildman–Crippen MR) is 66.9 cm³/mol. The van der Waals surface area contributed by atoms with Crippen molar-refractivity contribution >= 4 is 0 Å². The molecule has 0 heterocycles. The number of hydrogen-bond donors (Lipinski definition) is 1. The van der Waals surface area contributed by atoms with Gasteiger partial charge in [-0.05, 0) is 25.1 Å². The summed E-state index contributed by atoms with van der Waals surface area (Å²) in [6, 6.07) is 4.38. The molecule has 0 saturated carbocycles. The Kier molecular flexibility index (Phi) is 6.20. The summed E-state index contributed by atoms with van der Waals surface area (Å²) in [6.07, 6.45) is 0.545. The van der Waals surface area contributed by atoms with E-state index in [0.29, 0.717) is 18.6 Å². The number of hydrogen-bond acceptors (Lipinski definition) is 3. The van der Waals surface area contributed by atoms with Gasteiger partial charge in [-0.25, -0.2) is 4.39 Å². The molecule has 1 atom stereocenters. The first-order chi connectivity index (χ1) is 8.67. The first-order valence-electron chi connectivity index (χ1n) is 5.72. The maximum absolute atomic E-state index is 13.5. The summed E-state index contributed by atoms with van der Waals surface area (Å²) in [5.41, 5.74) is 0.611. The molecule has 0 spiro atoms. The van der Waals surface area contributed by atoms with Crippen LogP contribution >= 0.6 is 0 Å². The van der Waals surface area contributed by atoms with E-state index in [1.165, 1.54) is 12.1 Å². The van der Waals surface area contributed by atoms with E-state index >= 15 is 0 Å². The second kappa shape index (κ2) is 7.70. The molecule has 0 aliphatic carbocycles. The van der Waals surface area contributed by atoms with Crippen molar-refractivity contribution in [1.82, 2.24) is 0 Å². The van der Waals surface area contributed by atoms with Crippen molar-refractivity contribution in [3.8, 4) is 17.6 Å². The fourth-order valence-electron chi connectivity index (χ4n) is 1.37. The van der Waals surface area contributed by atoms with Crippen LogP contribution in [0.1, 0.15) is 18.9 Å². The van der Waals surface area contributed by atoms with E-state index < -0.39 is 5.82 Å². The maximum atomic E-state index is 13.5. The lowest BCUT2D eigenvalue weighted by atomic mass is 10.2. The summed E-state index contributed by atoms with van der Waals surface area (Å²) in [5.74, 6) is 4.96. The molecule has 0 aliphatic rings. The van der Waals surface area contributed by atoms with Crippen molar-refractivity contribution in [2.75, 3.05) is 20.3 Å². The van der Waals surface area contributed by atoms with Crippen LogP contribution in [-0.4, -0.2) is 31.5 Å². The Labute approximate surface area is 107 Å². The van der Waals surface area contributed by atoms with Gasteiger partial charge in [-0.2, -0.15) is 0 Å². The average molecular weight is 252 g/mol. The molecular formula is C14H17FO3. The molecule has 1 rings (SSSR count). The van der Waals surface area contributed by atoms with Crippen LogP contribution in [0.15, 0.2) is 18.2 Å². The Bertz CT molecular complexity index is 434. The number of halogens is 1. The van der Waals surface area contributed by atoms with Gasteiger partial charge in [-0.3, -0.25) is 0 Å². The number of aliphatic hydroxyl groups excluding tert-OH is 1. The highest BCUT2D eigenvalue weighted by Gasteiger charge is 2.09. The molecule has 0 aromatic heterocycles. The van der Waals surface area contributed by atoms with Gasteiger partial charge in [-0.15, -0.1) is 0 Å². The quantitative estimate of drug-likeness (QED) is 0.814. The molecule has 1 N–H and O–H groups in total. The molecule has 18 heavy (non-hydrogen) atoms. The molecule has 98 valence electrons. The van der Waals surface area contributed by atoms with Crippen LogP contribution in [0.25, 0.3) is 0 Å². The normalized spacial score (nSPS) is 11.6. The standard InChI is InChI=1S/C14H17FO3/c1-11(7-9-17-2)18-14-10-12(4-3-8-16)5-6-13(14)15/h5-6,10-11,16H,7-9H2,1-2H3. The molecule has 1 aromatic rings. The lowest BCUT2D eigenvalue weighted by Gasteiger charge is -2.14. The van der Waals surface area contributed by atoms with Crippen molar-refractivity contribution in [3.63, 3.8) is 0 Å². The van der Waals surface area contributed by atoms with Crippen LogP contribution in [0.2, 0.25) is 0 Å². The van der Waals surface area contributed by atoms with Crippen LogP contribution in [-0.2, 0) is 4.74 Å². The molecule has 0 bridgehead atoms. The zero-order chi connectivity index (χ0) is 13.4. The molecular weight excluding hydrogens is 235 g/mol. The highest BCUT2D eigenvalue weighted by molar-refractivity contribution is 5.40. The van der Waals surface area contributed by atoms with Crippen LogP contribution in [0.4, 0.5) is 4.39 Å². The van der Waals surface area contributed by atoms with Crippen LogP contribution in [0, 0.1) is 17.7 Å². The molecule has 0 saturated heterocycles. The second-order valence-corrected chi connectivity index (χ2v) is 3.82. The van der Waals surface area contributed by atoms with Gasteiger partial charge < -0.3 is 14.6 Å². The lowest BCUT2D eigenvalue weighted by molar-refractivity contribution is 0.132. The van der Waals surface area contributed by atoms with Gasteiger partial charge in [0.15, 0.2) is 11.6 Å². The van der Waals surface area contributed by atoms with Crippen molar-refractivity contribution in [2.24, 2.45) is 0 Å². The van der Waals surface area contributed by atoms with Crippen molar-refractivity contribution in [2.45, 2.75) is 19.4 Å². The van der Waals surface area contributed by atoms with E-state index in [0.717, 1.165) is 0 Å². The van der Waals surface area contributed by atoms with Crippen molar-refractivity contribution in [3.05, 3.63) is 29.6 Å². The van der Waals surface area contributed by atoms with Crippen LogP contribution < -0.4 is 4.74 Å². The highest BCUT2D eigenvalue weighted by atomic mass is 19.1. The van der Waals surface area contributed by atoms with Gasteiger partial charge in [0, 0.05) is 25.7 Å². The summed E-state index contributed by atoms with van der Waals surface area (Å²) in [5, 5.41) is 8.60. The maximum Gasteiger partial charge on any atom is 0.165 e. The Balaban J connectivity index is 2.74. The van der Waals surface area contributed by atoms with Gasteiger partial charge in [0.2, 0.25) is 0 Å². The first kappa shape index (κ1) is 14.5. The fraction of sp³-hybridized carbons (Fsp3) is 0.429. The minimum atomic E-state index is -0.422. The SMILES string of the molecule is COCCC(C)Oc1cc(C#CCO)ccc1F. The van der Waals surface area contributed by atoms with E-state index in [2.05, 4.69) is 11.8 Å². The minimum Gasteiger partial charge on any atom is -0.488 e. The Hall–Kier alpha value is -1.57. The van der Waals surface area contributed by atoms with E-state index in [9.17, 15) is 4.39 Å². The Morgan fingerprint density at radius 3 is 2.89 bits per heavy atom. The third-order valence-electron chi connectivity index (χ3n) is 2.30. The Morgan fingerprint density at radius 1 is 1.44 bits per heavy atom. The molecule has 4 heteroatoms. The lowest BCUT2D eigenvalue weighted by Crippen LogP contribution is -2.15. The summed E-state index contributed by atoms with van der Waals surface area (Å²) < 4.78 is 23.9. The second-order valence-electron chi connectivity index (χ2n) is 3.82. The van der Waals surface area contributed by atoms with Gasteiger partial charge in [0.25, 0.3) is 0 Å². The van der Waals surface area contributed by atoms with Gasteiger partial charge in [-0.1, -0.05) is 11.8 Å². The molecule has 0 amide bonds. The van der Waals surface area contributed by atoms with Crippen molar-refractivity contribution in [1.29, 1.82) is 0 Å². The highest BCUT2D eigenvalue weighted by Crippen LogP contribution is 2.20. The molecule has 0 fully saturated rings. The number of rotatable bonds is 5. The van der Waals surface area contributed by atoms with Crippen molar-refractivity contribution < 1.29 is 19.0 Å². The summed E-state index contributed by atoms with van der Waals surface area (Å²) >= 11 is 0. The summed E-state index contributed by atoms with van der Waals surface area (Å²) in [4.78, 5) is 0. The topological polar surface area (TPSA) is 38.7 Å². The summed E-state index contributed by atoms with van der Waals surface area (Å²) in [6.45, 7) is 2.19. The van der Waals surface area contributed by atoms with Gasteiger partial charge in [0.05, 0.1) is 6.10 Å². The zero-order valence-electron chi connectivity index (χ0n) is 10.6. The average Bonchev–Trinajstić information content (AvgIpc) is 2.37. The molecule has 3 nitrogen and oxygen atoms in total. The molecule has 1 aromatic carbocycles. The predicted octanol–water partition coefficient (Wildman–Crippen LogP) is 1.97. The summed E-state index contributed by atoms with van der Waals surface area (Å²) in [7, 11) is 1.61. The van der Waals surface area contributed by atoms with Crippen LogP contribution in [0.5, 0.6) is 5.75 Å². The third kappa shape index (κ3) is 4.74. The van der Waals surface area contributed by atoms with E-state index in [1.54, 1.807) is 13.2 Å². The van der Waals surface area contributed by atoms with E-state index in [-0.39, 0.29) is 18.5 Å². The van der Waals surface area contributed by atoms with E-state index in [4.69, 9.17) is 14.6 Å². The van der Waals surface area contributed by atoms with E-state index in [1.807, 2.05) is 6.92 Å². The zero-order valence-corrected chi connectivity index (χ0v) is 10.6. The number of methoxy groups -OCH3 is 1. The largest absolute Gasteiger partial charge is 0.488 e. The first-order valence-corrected chi connectivity index (χ1v) is 5.72. The fourth-order valence-corrected chi connectivity index (χ4v) is 1.37. The number of ether oxygens (including phenoxy) is 2. The molecule has 0 radical (unpaired) electrons. The Morgan fingerprint density at radius 2 is 2.22 bits per heavy atom. The molecule has 0 aliphatic heterocycles. The monoisotopic (exact) mass is 252 g/mol.